The number of hydrogen-bond acceptors (Lipinski definition) is 7. The Morgan fingerprint density at radius 3 is 1.87 bits per heavy atom. The fourth-order valence-corrected chi connectivity index (χ4v) is 7.57. The summed E-state index contributed by atoms with van der Waals surface area (Å²) < 4.78 is 5.79. The van der Waals surface area contributed by atoms with Crippen molar-refractivity contribution in [3.05, 3.63) is 58.7 Å². The Hall–Kier alpha value is -3.52. The van der Waals surface area contributed by atoms with Gasteiger partial charge in [0.25, 0.3) is 0 Å². The van der Waals surface area contributed by atoms with Gasteiger partial charge in [-0.15, -0.1) is 0 Å². The minimum atomic E-state index is -0.774. The first-order valence-electron chi connectivity index (χ1n) is 16.9. The standard InChI is InChI=1S/C39H57N3O5/c1-13-37(8,22-39(10,36(5,6)7)35(46)47-23-42(11)12)21-38(9,14-2)31(24(3)4)34(45)41-28-20-19-27(40)29-30(28)33(44)26-18-16-15-17-25(26)32(29)43/h15-20,24,31H,13-14,21-23,40H2,1-12H3,(H,41,45). The van der Waals surface area contributed by atoms with Crippen molar-refractivity contribution in [2.45, 2.75) is 94.9 Å². The number of esters is 1. The number of benzene rings is 2. The van der Waals surface area contributed by atoms with Gasteiger partial charge in [-0.2, -0.15) is 0 Å². The third-order valence-corrected chi connectivity index (χ3v) is 10.9. The quantitative estimate of drug-likeness (QED) is 0.110. The van der Waals surface area contributed by atoms with E-state index in [4.69, 9.17) is 10.5 Å². The highest BCUT2D eigenvalue weighted by Gasteiger charge is 2.52. The van der Waals surface area contributed by atoms with Gasteiger partial charge in [0.2, 0.25) is 5.91 Å². The highest BCUT2D eigenvalue weighted by Crippen LogP contribution is 2.55. The number of hydrogen-bond donors (Lipinski definition) is 2. The molecule has 8 nitrogen and oxygen atoms in total. The first-order valence-corrected chi connectivity index (χ1v) is 16.9. The van der Waals surface area contributed by atoms with Crippen LogP contribution in [-0.4, -0.2) is 49.2 Å². The maximum Gasteiger partial charge on any atom is 0.313 e. The number of fused-ring (bicyclic) bond motifs is 2. The van der Waals surface area contributed by atoms with Crippen LogP contribution in [0.15, 0.2) is 36.4 Å². The highest BCUT2D eigenvalue weighted by molar-refractivity contribution is 6.32. The summed E-state index contributed by atoms with van der Waals surface area (Å²) in [6, 6.07) is 9.90. The molecule has 1 amide bonds. The molecule has 0 aromatic heterocycles. The molecule has 258 valence electrons. The number of rotatable bonds is 13. The molecule has 0 saturated carbocycles. The van der Waals surface area contributed by atoms with E-state index < -0.39 is 16.7 Å². The molecule has 3 rings (SSSR count). The van der Waals surface area contributed by atoms with Crippen molar-refractivity contribution < 1.29 is 23.9 Å². The summed E-state index contributed by atoms with van der Waals surface area (Å²) in [5, 5.41) is 3.08. The number of ketones is 2. The van der Waals surface area contributed by atoms with E-state index >= 15 is 0 Å². The van der Waals surface area contributed by atoms with Crippen molar-refractivity contribution >= 4 is 34.8 Å². The smallest absolute Gasteiger partial charge is 0.313 e. The van der Waals surface area contributed by atoms with Gasteiger partial charge in [-0.05, 0) is 74.6 Å². The van der Waals surface area contributed by atoms with Crippen LogP contribution in [0.3, 0.4) is 0 Å². The molecule has 4 atom stereocenters. The summed E-state index contributed by atoms with van der Waals surface area (Å²) in [5.41, 5.74) is 5.71. The van der Waals surface area contributed by atoms with Crippen LogP contribution in [0.5, 0.6) is 0 Å². The topological polar surface area (TPSA) is 119 Å². The maximum atomic E-state index is 14.4. The number of amides is 1. The summed E-state index contributed by atoms with van der Waals surface area (Å²) in [5.74, 6) is -1.57. The zero-order valence-corrected chi connectivity index (χ0v) is 30.7. The number of nitrogens with two attached hydrogens (primary N) is 1. The van der Waals surface area contributed by atoms with E-state index in [1.807, 2.05) is 39.8 Å². The van der Waals surface area contributed by atoms with E-state index in [-0.39, 0.29) is 63.7 Å². The first-order chi connectivity index (χ1) is 21.7. The molecule has 8 heteroatoms. The van der Waals surface area contributed by atoms with Gasteiger partial charge >= 0.3 is 5.97 Å². The van der Waals surface area contributed by atoms with Crippen LogP contribution in [0.25, 0.3) is 0 Å². The minimum Gasteiger partial charge on any atom is -0.449 e. The molecule has 47 heavy (non-hydrogen) atoms. The molecule has 3 N–H and O–H groups in total. The highest BCUT2D eigenvalue weighted by atomic mass is 16.5. The van der Waals surface area contributed by atoms with Gasteiger partial charge in [0.1, 0.15) is 6.73 Å². The summed E-state index contributed by atoms with van der Waals surface area (Å²) >= 11 is 0. The van der Waals surface area contributed by atoms with Crippen molar-refractivity contribution in [2.24, 2.45) is 33.5 Å². The van der Waals surface area contributed by atoms with Crippen molar-refractivity contribution in [3.63, 3.8) is 0 Å². The van der Waals surface area contributed by atoms with Gasteiger partial charge in [0.15, 0.2) is 11.6 Å². The third kappa shape index (κ3) is 7.48. The van der Waals surface area contributed by atoms with Crippen LogP contribution in [-0.2, 0) is 14.3 Å². The Balaban J connectivity index is 2.01. The van der Waals surface area contributed by atoms with Crippen LogP contribution < -0.4 is 11.1 Å². The second-order valence-corrected chi connectivity index (χ2v) is 16.1. The van der Waals surface area contributed by atoms with E-state index in [9.17, 15) is 19.2 Å². The van der Waals surface area contributed by atoms with Gasteiger partial charge in [0.05, 0.1) is 22.2 Å². The number of carbonyl (C=O) groups is 4. The number of nitrogens with zero attached hydrogens (tertiary/aromatic N) is 1. The predicted octanol–water partition coefficient (Wildman–Crippen LogP) is 7.98. The van der Waals surface area contributed by atoms with Gasteiger partial charge in [0, 0.05) is 22.7 Å². The lowest BCUT2D eigenvalue weighted by atomic mass is 9.55. The average Bonchev–Trinajstić information content (AvgIpc) is 2.98. The molecule has 2 aromatic rings. The van der Waals surface area contributed by atoms with E-state index in [0.717, 1.165) is 12.8 Å². The largest absolute Gasteiger partial charge is 0.449 e. The van der Waals surface area contributed by atoms with E-state index in [1.54, 1.807) is 36.4 Å². The van der Waals surface area contributed by atoms with Crippen molar-refractivity contribution in [2.75, 3.05) is 31.9 Å². The molecule has 1 aliphatic carbocycles. The Bertz CT molecular complexity index is 1520. The lowest BCUT2D eigenvalue weighted by Crippen LogP contribution is -2.48. The molecule has 2 aromatic carbocycles. The lowest BCUT2D eigenvalue weighted by Gasteiger charge is -2.49. The average molecular weight is 648 g/mol. The van der Waals surface area contributed by atoms with Gasteiger partial charge in [-0.25, -0.2) is 0 Å². The molecule has 0 heterocycles. The van der Waals surface area contributed by atoms with Crippen LogP contribution in [0.1, 0.15) is 127 Å². The monoisotopic (exact) mass is 647 g/mol. The van der Waals surface area contributed by atoms with Crippen molar-refractivity contribution in [3.8, 4) is 0 Å². The van der Waals surface area contributed by atoms with Gasteiger partial charge < -0.3 is 15.8 Å². The summed E-state index contributed by atoms with van der Waals surface area (Å²) in [6.07, 6.45) is 2.82. The van der Waals surface area contributed by atoms with Crippen LogP contribution >= 0.6 is 0 Å². The van der Waals surface area contributed by atoms with Crippen molar-refractivity contribution in [1.29, 1.82) is 0 Å². The van der Waals surface area contributed by atoms with E-state index in [0.29, 0.717) is 29.7 Å². The Morgan fingerprint density at radius 1 is 0.851 bits per heavy atom. The lowest BCUT2D eigenvalue weighted by molar-refractivity contribution is -0.170. The molecule has 0 bridgehead atoms. The fourth-order valence-electron chi connectivity index (χ4n) is 7.57. The summed E-state index contributed by atoms with van der Waals surface area (Å²) in [7, 11) is 3.74. The Kier molecular flexibility index (Phi) is 11.2. The summed E-state index contributed by atoms with van der Waals surface area (Å²) in [4.78, 5) is 57.2. The Labute approximate surface area is 282 Å². The van der Waals surface area contributed by atoms with Crippen LogP contribution in [0.2, 0.25) is 0 Å². The number of ether oxygens (including phenoxy) is 1. The number of nitrogen functional groups attached to an aromatic ring is 1. The molecule has 4 unspecified atom stereocenters. The third-order valence-electron chi connectivity index (χ3n) is 10.9. The zero-order valence-electron chi connectivity index (χ0n) is 30.7. The second kappa shape index (κ2) is 13.9. The second-order valence-electron chi connectivity index (χ2n) is 16.1. The zero-order chi connectivity index (χ0) is 35.7. The molecular formula is C39H57N3O5. The maximum absolute atomic E-state index is 14.4. The molecule has 1 aliphatic rings. The fraction of sp³-hybridized carbons (Fsp3) is 0.590. The molecule has 0 saturated heterocycles. The number of anilines is 2. The SMILES string of the molecule is CCC(C)(CC(C)(CC)C(C(=O)Nc1ccc(N)c2c1C(=O)c1ccccc1C2=O)C(C)C)CC(C)(C(=O)OCN(C)C)C(C)(C)C. The van der Waals surface area contributed by atoms with Crippen molar-refractivity contribution in [1.82, 2.24) is 4.90 Å². The van der Waals surface area contributed by atoms with E-state index in [2.05, 4.69) is 53.8 Å². The molecule has 0 radical (unpaired) electrons. The molecule has 0 fully saturated rings. The normalized spacial score (nSPS) is 17.7. The predicted molar refractivity (Wildman–Crippen MR) is 189 cm³/mol. The number of nitrogens with one attached hydrogen (secondary N) is 1. The first kappa shape index (κ1) is 37.9. The summed E-state index contributed by atoms with van der Waals surface area (Å²) in [6.45, 7) is 21.2. The minimum absolute atomic E-state index is 0.0391. The molecule has 0 spiro atoms. The molecule has 0 aliphatic heterocycles. The van der Waals surface area contributed by atoms with Gasteiger partial charge in [-0.1, -0.05) is 93.0 Å². The van der Waals surface area contributed by atoms with Gasteiger partial charge in [-0.3, -0.25) is 24.1 Å². The number of carbonyl (C=O) groups excluding carboxylic acids is 4. The van der Waals surface area contributed by atoms with Crippen LogP contribution in [0.4, 0.5) is 11.4 Å². The Morgan fingerprint density at radius 2 is 1.40 bits per heavy atom. The van der Waals surface area contributed by atoms with E-state index in [1.165, 1.54) is 0 Å². The van der Waals surface area contributed by atoms with Crippen LogP contribution in [0, 0.1) is 33.5 Å². The molecular weight excluding hydrogens is 590 g/mol.